The van der Waals surface area contributed by atoms with Crippen LogP contribution in [0.25, 0.3) is 0 Å². The normalized spacial score (nSPS) is 24.4. The molecule has 2 aromatic rings. The van der Waals surface area contributed by atoms with Crippen LogP contribution in [0, 0.1) is 5.92 Å². The van der Waals surface area contributed by atoms with Crippen LogP contribution in [0.2, 0.25) is 0 Å². The molecule has 8 heteroatoms. The summed E-state index contributed by atoms with van der Waals surface area (Å²) in [5, 5.41) is 1.25. The van der Waals surface area contributed by atoms with Gasteiger partial charge in [0.1, 0.15) is 0 Å². The fourth-order valence-corrected chi connectivity index (χ4v) is 7.45. The van der Waals surface area contributed by atoms with E-state index in [-0.39, 0.29) is 42.7 Å². The number of fused-ring (bicyclic) bond motifs is 4. The summed E-state index contributed by atoms with van der Waals surface area (Å²) in [5.74, 6) is 1.67. The third-order valence-corrected chi connectivity index (χ3v) is 9.43. The second kappa shape index (κ2) is 12.1. The number of aliphatic imine (C=N–C) groups is 1. The Balaban J connectivity index is 0.000000168. The number of nitrogens with zero attached hydrogens (tertiary/aromatic N) is 4. The van der Waals surface area contributed by atoms with Crippen LogP contribution in [-0.4, -0.2) is 70.2 Å². The third-order valence-electron chi connectivity index (χ3n) is 8.43. The zero-order valence-corrected chi connectivity index (χ0v) is 23.5. The molecule has 2 atom stereocenters. The highest BCUT2D eigenvalue weighted by Crippen LogP contribution is 2.35. The summed E-state index contributed by atoms with van der Waals surface area (Å²) in [4.78, 5) is 36.3. The van der Waals surface area contributed by atoms with Crippen LogP contribution in [0.1, 0.15) is 60.9 Å². The highest BCUT2D eigenvalue weighted by molar-refractivity contribution is 8.14. The van der Waals surface area contributed by atoms with E-state index in [9.17, 15) is 9.59 Å². The van der Waals surface area contributed by atoms with Gasteiger partial charge in [-0.2, -0.15) is 0 Å². The van der Waals surface area contributed by atoms with Gasteiger partial charge in [0.05, 0.1) is 18.6 Å². The van der Waals surface area contributed by atoms with Gasteiger partial charge in [0.25, 0.3) is 0 Å². The van der Waals surface area contributed by atoms with Crippen molar-refractivity contribution in [2.75, 3.05) is 38.5 Å². The zero-order chi connectivity index (χ0) is 25.2. The van der Waals surface area contributed by atoms with Crippen molar-refractivity contribution in [2.45, 2.75) is 50.6 Å². The van der Waals surface area contributed by atoms with E-state index in [0.717, 1.165) is 45.2 Å². The van der Waals surface area contributed by atoms with E-state index >= 15 is 0 Å². The lowest BCUT2D eigenvalue weighted by atomic mass is 9.87. The number of hydrogen-bond donors (Lipinski definition) is 0. The van der Waals surface area contributed by atoms with Gasteiger partial charge in [0, 0.05) is 37.8 Å². The standard InChI is InChI=1S/C19H24N2O2.C11H12N2S.ClH/c22-18-13-20(19(23)15-7-2-1-3-8-15)12-17-16-9-5-4-6-14(16)10-11-21(17)18;1-2-4-9(5-3-1)10-8-13-6-7-14-11(13)12-10;/h4-6,9,15,17H,1-3,7-8,10-13H2;1-5,10H,6-8H2;1H/t;10-;/m.1./s1. The number of thioether (sulfide) groups is 1. The summed E-state index contributed by atoms with van der Waals surface area (Å²) in [5.41, 5.74) is 3.90. The maximum absolute atomic E-state index is 12.8. The average molecular weight is 553 g/mol. The molecule has 5 aliphatic rings. The van der Waals surface area contributed by atoms with Crippen LogP contribution in [0.15, 0.2) is 59.6 Å². The molecular formula is C30H37ClN4O2S. The minimum absolute atomic E-state index is 0. The molecule has 1 aliphatic carbocycles. The van der Waals surface area contributed by atoms with Crippen molar-refractivity contribution >= 4 is 41.2 Å². The summed E-state index contributed by atoms with van der Waals surface area (Å²) in [7, 11) is 0. The average Bonchev–Trinajstić information content (AvgIpc) is 3.57. The van der Waals surface area contributed by atoms with Crippen molar-refractivity contribution in [1.82, 2.24) is 14.7 Å². The van der Waals surface area contributed by atoms with Gasteiger partial charge < -0.3 is 14.7 Å². The van der Waals surface area contributed by atoms with Crippen molar-refractivity contribution in [2.24, 2.45) is 10.9 Å². The summed E-state index contributed by atoms with van der Waals surface area (Å²) in [6, 6.07) is 19.4. The van der Waals surface area contributed by atoms with Crippen molar-refractivity contribution in [3.05, 3.63) is 71.3 Å². The smallest absolute Gasteiger partial charge is 0.242 e. The predicted molar refractivity (Wildman–Crippen MR) is 156 cm³/mol. The monoisotopic (exact) mass is 552 g/mol. The first kappa shape index (κ1) is 27.1. The molecule has 2 amide bonds. The van der Waals surface area contributed by atoms with Crippen molar-refractivity contribution in [3.8, 4) is 0 Å². The maximum Gasteiger partial charge on any atom is 0.242 e. The molecule has 2 saturated heterocycles. The summed E-state index contributed by atoms with van der Waals surface area (Å²) in [6.45, 7) is 3.97. The molecular weight excluding hydrogens is 516 g/mol. The van der Waals surface area contributed by atoms with Gasteiger partial charge in [-0.3, -0.25) is 14.6 Å². The van der Waals surface area contributed by atoms with E-state index in [1.165, 1.54) is 40.6 Å². The molecule has 0 spiro atoms. The lowest BCUT2D eigenvalue weighted by Gasteiger charge is -2.45. The number of carbonyl (C=O) groups is 2. The molecule has 0 aromatic heterocycles. The van der Waals surface area contributed by atoms with Crippen molar-refractivity contribution in [3.63, 3.8) is 0 Å². The van der Waals surface area contributed by atoms with Crippen LogP contribution in [0.3, 0.4) is 0 Å². The second-order valence-corrected chi connectivity index (χ2v) is 11.8. The highest BCUT2D eigenvalue weighted by Gasteiger charge is 2.40. The van der Waals surface area contributed by atoms with Crippen LogP contribution >= 0.6 is 24.2 Å². The number of piperazine rings is 1. The van der Waals surface area contributed by atoms with Crippen LogP contribution < -0.4 is 0 Å². The molecule has 0 N–H and O–H groups in total. The number of rotatable bonds is 2. The fraction of sp³-hybridized carbons (Fsp3) is 0.500. The number of amides is 2. The predicted octanol–water partition coefficient (Wildman–Crippen LogP) is 5.10. The minimum Gasteiger partial charge on any atom is -0.348 e. The van der Waals surface area contributed by atoms with Gasteiger partial charge in [-0.05, 0) is 36.0 Å². The molecule has 2 aromatic carbocycles. The second-order valence-electron chi connectivity index (χ2n) is 10.7. The Morgan fingerprint density at radius 2 is 1.68 bits per heavy atom. The van der Waals surface area contributed by atoms with Crippen molar-refractivity contribution < 1.29 is 9.59 Å². The maximum atomic E-state index is 12.8. The third kappa shape index (κ3) is 5.59. The first-order valence-electron chi connectivity index (χ1n) is 13.8. The SMILES string of the molecule is Cl.O=C(C1CCCCC1)N1CC(=O)N2CCc3ccccc3C2C1.c1ccc([C@H]2CN3CCSC3=N2)cc1. The molecule has 0 bridgehead atoms. The van der Waals surface area contributed by atoms with Crippen LogP contribution in [-0.2, 0) is 16.0 Å². The van der Waals surface area contributed by atoms with Gasteiger partial charge in [0.15, 0.2) is 5.17 Å². The van der Waals surface area contributed by atoms with Crippen LogP contribution in [0.5, 0.6) is 0 Å². The minimum atomic E-state index is 0. The van der Waals surface area contributed by atoms with E-state index in [1.54, 1.807) is 0 Å². The molecule has 202 valence electrons. The van der Waals surface area contributed by atoms with Gasteiger partial charge in [0.2, 0.25) is 11.8 Å². The Morgan fingerprint density at radius 3 is 2.47 bits per heavy atom. The van der Waals surface area contributed by atoms with E-state index < -0.39 is 0 Å². The Hall–Kier alpha value is -2.51. The molecule has 3 fully saturated rings. The number of halogens is 1. The molecule has 4 heterocycles. The van der Waals surface area contributed by atoms with Crippen LogP contribution in [0.4, 0.5) is 0 Å². The van der Waals surface area contributed by atoms with E-state index in [1.807, 2.05) is 27.6 Å². The molecule has 0 radical (unpaired) electrons. The first-order chi connectivity index (χ1) is 18.2. The largest absolute Gasteiger partial charge is 0.348 e. The number of hydrogen-bond acceptors (Lipinski definition) is 5. The number of amidine groups is 1. The fourth-order valence-electron chi connectivity index (χ4n) is 6.41. The highest BCUT2D eigenvalue weighted by atomic mass is 35.5. The van der Waals surface area contributed by atoms with E-state index in [4.69, 9.17) is 4.99 Å². The Kier molecular flexibility index (Phi) is 8.64. The van der Waals surface area contributed by atoms with Crippen molar-refractivity contribution in [1.29, 1.82) is 0 Å². The molecule has 1 saturated carbocycles. The summed E-state index contributed by atoms with van der Waals surface area (Å²) in [6.07, 6.45) is 6.46. The Bertz CT molecular complexity index is 1170. The summed E-state index contributed by atoms with van der Waals surface area (Å²) >= 11 is 1.89. The number of carbonyl (C=O) groups excluding carboxylic acids is 2. The topological polar surface area (TPSA) is 56.2 Å². The van der Waals surface area contributed by atoms with Gasteiger partial charge >= 0.3 is 0 Å². The Labute approximate surface area is 236 Å². The first-order valence-corrected chi connectivity index (χ1v) is 14.8. The molecule has 7 rings (SSSR count). The quantitative estimate of drug-likeness (QED) is 0.520. The Morgan fingerprint density at radius 1 is 0.921 bits per heavy atom. The van der Waals surface area contributed by atoms with Gasteiger partial charge in [-0.25, -0.2) is 0 Å². The molecule has 4 aliphatic heterocycles. The van der Waals surface area contributed by atoms with Gasteiger partial charge in [-0.15, -0.1) is 12.4 Å². The molecule has 1 unspecified atom stereocenters. The lowest BCUT2D eigenvalue weighted by molar-refractivity contribution is -0.152. The lowest BCUT2D eigenvalue weighted by Crippen LogP contribution is -2.56. The van der Waals surface area contributed by atoms with Gasteiger partial charge in [-0.1, -0.05) is 85.6 Å². The molecule has 6 nitrogen and oxygen atoms in total. The van der Waals surface area contributed by atoms with E-state index in [0.29, 0.717) is 12.6 Å². The molecule has 38 heavy (non-hydrogen) atoms. The van der Waals surface area contributed by atoms with E-state index in [2.05, 4.69) is 53.4 Å². The number of benzene rings is 2. The zero-order valence-electron chi connectivity index (χ0n) is 21.8. The summed E-state index contributed by atoms with van der Waals surface area (Å²) < 4.78 is 0.